The highest BCUT2D eigenvalue weighted by Gasteiger charge is 2.10. The summed E-state index contributed by atoms with van der Waals surface area (Å²) in [5, 5.41) is 4.41. The molecule has 4 aromatic rings. The van der Waals surface area contributed by atoms with Gasteiger partial charge in [-0.2, -0.15) is 0 Å². The first-order valence-corrected chi connectivity index (χ1v) is 9.03. The van der Waals surface area contributed by atoms with Crippen molar-refractivity contribution in [3.05, 3.63) is 78.6 Å². The number of hydrogen-bond acceptors (Lipinski definition) is 5. The summed E-state index contributed by atoms with van der Waals surface area (Å²) < 4.78 is 10.6. The van der Waals surface area contributed by atoms with Gasteiger partial charge in [0.15, 0.2) is 0 Å². The van der Waals surface area contributed by atoms with E-state index in [9.17, 15) is 0 Å². The number of rotatable bonds is 6. The van der Waals surface area contributed by atoms with Gasteiger partial charge in [0.1, 0.15) is 23.6 Å². The summed E-state index contributed by atoms with van der Waals surface area (Å²) in [4.78, 5) is 9.00. The van der Waals surface area contributed by atoms with Crippen LogP contribution in [0.1, 0.15) is 5.56 Å². The second-order valence-corrected chi connectivity index (χ2v) is 6.36. The van der Waals surface area contributed by atoms with Crippen molar-refractivity contribution >= 4 is 16.7 Å². The molecule has 5 nitrogen and oxygen atoms in total. The van der Waals surface area contributed by atoms with E-state index in [1.165, 1.54) is 0 Å². The Morgan fingerprint density at radius 3 is 2.39 bits per heavy atom. The molecule has 0 saturated carbocycles. The maximum atomic E-state index is 5.36. The van der Waals surface area contributed by atoms with Crippen LogP contribution in [0.3, 0.4) is 0 Å². The summed E-state index contributed by atoms with van der Waals surface area (Å²) >= 11 is 0. The number of benzene rings is 3. The van der Waals surface area contributed by atoms with Crippen LogP contribution in [0.4, 0.5) is 5.82 Å². The molecule has 0 aliphatic carbocycles. The van der Waals surface area contributed by atoms with Gasteiger partial charge in [0.2, 0.25) is 0 Å². The van der Waals surface area contributed by atoms with E-state index in [2.05, 4.69) is 27.4 Å². The molecule has 1 N–H and O–H groups in total. The van der Waals surface area contributed by atoms with Gasteiger partial charge in [-0.05, 0) is 41.5 Å². The van der Waals surface area contributed by atoms with E-state index in [0.29, 0.717) is 6.54 Å². The van der Waals surface area contributed by atoms with Crippen molar-refractivity contribution in [2.24, 2.45) is 0 Å². The van der Waals surface area contributed by atoms with Gasteiger partial charge in [-0.1, -0.05) is 36.4 Å². The van der Waals surface area contributed by atoms with Gasteiger partial charge in [0, 0.05) is 17.5 Å². The van der Waals surface area contributed by atoms with Gasteiger partial charge in [0.25, 0.3) is 0 Å². The molecule has 0 fully saturated rings. The monoisotopic (exact) mass is 371 g/mol. The molecule has 0 bridgehead atoms. The highest BCUT2D eigenvalue weighted by Crippen LogP contribution is 2.31. The molecule has 0 aliphatic rings. The Morgan fingerprint density at radius 1 is 0.821 bits per heavy atom. The Kier molecular flexibility index (Phi) is 5.06. The van der Waals surface area contributed by atoms with Crippen molar-refractivity contribution in [3.8, 4) is 22.6 Å². The molecule has 3 aromatic carbocycles. The molecule has 140 valence electrons. The lowest BCUT2D eigenvalue weighted by Gasteiger charge is -2.12. The molecule has 4 rings (SSSR count). The predicted octanol–water partition coefficient (Wildman–Crippen LogP) is 4.93. The topological polar surface area (TPSA) is 56.3 Å². The van der Waals surface area contributed by atoms with Crippen LogP contribution in [-0.2, 0) is 6.54 Å². The third-order valence-electron chi connectivity index (χ3n) is 4.66. The van der Waals surface area contributed by atoms with Crippen molar-refractivity contribution < 1.29 is 9.47 Å². The third kappa shape index (κ3) is 3.60. The van der Waals surface area contributed by atoms with Gasteiger partial charge in [-0.3, -0.25) is 0 Å². The van der Waals surface area contributed by atoms with Gasteiger partial charge in [-0.15, -0.1) is 0 Å². The highest BCUT2D eigenvalue weighted by atomic mass is 16.5. The van der Waals surface area contributed by atoms with Crippen LogP contribution in [0.25, 0.3) is 22.0 Å². The second kappa shape index (κ2) is 7.96. The van der Waals surface area contributed by atoms with Crippen molar-refractivity contribution in [3.63, 3.8) is 0 Å². The Bertz CT molecular complexity index is 1090. The smallest absolute Gasteiger partial charge is 0.137 e. The quantitative estimate of drug-likeness (QED) is 0.521. The normalized spacial score (nSPS) is 10.6. The zero-order valence-corrected chi connectivity index (χ0v) is 15.8. The maximum absolute atomic E-state index is 5.36. The van der Waals surface area contributed by atoms with Gasteiger partial charge in [-0.25, -0.2) is 9.97 Å². The Hall–Kier alpha value is -3.60. The molecular weight excluding hydrogens is 350 g/mol. The predicted molar refractivity (Wildman–Crippen MR) is 112 cm³/mol. The molecule has 1 heterocycles. The summed E-state index contributed by atoms with van der Waals surface area (Å²) in [5.74, 6) is 2.48. The maximum Gasteiger partial charge on any atom is 0.137 e. The Labute approximate surface area is 164 Å². The van der Waals surface area contributed by atoms with E-state index in [4.69, 9.17) is 9.47 Å². The van der Waals surface area contributed by atoms with Crippen LogP contribution in [0.2, 0.25) is 0 Å². The van der Waals surface area contributed by atoms with Gasteiger partial charge < -0.3 is 14.8 Å². The molecule has 0 amide bonds. The minimum Gasteiger partial charge on any atom is -0.497 e. The Morgan fingerprint density at radius 2 is 1.61 bits per heavy atom. The fourth-order valence-electron chi connectivity index (χ4n) is 3.18. The number of hydrogen-bond donors (Lipinski definition) is 1. The summed E-state index contributed by atoms with van der Waals surface area (Å²) in [5.41, 5.74) is 4.16. The van der Waals surface area contributed by atoms with E-state index in [0.717, 1.165) is 44.9 Å². The molecular formula is C23H21N3O2. The Balaban J connectivity index is 1.66. The number of aromatic nitrogens is 2. The number of ether oxygens (including phenoxy) is 2. The molecule has 0 spiro atoms. The minimum atomic E-state index is 0.666. The minimum absolute atomic E-state index is 0.666. The molecule has 0 radical (unpaired) electrons. The first kappa shape index (κ1) is 17.8. The molecule has 0 unspecified atom stereocenters. The molecule has 0 saturated heterocycles. The first-order chi connectivity index (χ1) is 13.8. The van der Waals surface area contributed by atoms with E-state index in [1.807, 2.05) is 54.6 Å². The zero-order chi connectivity index (χ0) is 19.3. The number of methoxy groups -OCH3 is 2. The molecule has 1 aromatic heterocycles. The SMILES string of the molecule is COc1ccc(CNc2ncnc3c(-c4cccc(OC)c4)cccc23)cc1. The highest BCUT2D eigenvalue weighted by molar-refractivity contribution is 5.99. The number of nitrogens with one attached hydrogen (secondary N) is 1. The van der Waals surface area contributed by atoms with Crippen molar-refractivity contribution in [1.82, 2.24) is 9.97 Å². The van der Waals surface area contributed by atoms with Gasteiger partial charge in [0.05, 0.1) is 19.7 Å². The molecule has 0 atom stereocenters. The number of anilines is 1. The van der Waals surface area contributed by atoms with Crippen LogP contribution in [0.15, 0.2) is 73.1 Å². The zero-order valence-electron chi connectivity index (χ0n) is 15.8. The van der Waals surface area contributed by atoms with E-state index >= 15 is 0 Å². The third-order valence-corrected chi connectivity index (χ3v) is 4.66. The van der Waals surface area contributed by atoms with Crippen LogP contribution < -0.4 is 14.8 Å². The van der Waals surface area contributed by atoms with Crippen molar-refractivity contribution in [2.75, 3.05) is 19.5 Å². The largest absolute Gasteiger partial charge is 0.497 e. The molecule has 5 heteroatoms. The summed E-state index contributed by atoms with van der Waals surface area (Å²) in [6.07, 6.45) is 1.60. The van der Waals surface area contributed by atoms with Crippen LogP contribution in [0.5, 0.6) is 11.5 Å². The number of fused-ring (bicyclic) bond motifs is 1. The van der Waals surface area contributed by atoms with Crippen LogP contribution in [0, 0.1) is 0 Å². The summed E-state index contributed by atoms with van der Waals surface area (Å²) in [6, 6.07) is 22.1. The number of nitrogens with zero attached hydrogens (tertiary/aromatic N) is 2. The molecule has 28 heavy (non-hydrogen) atoms. The number of para-hydroxylation sites is 1. The van der Waals surface area contributed by atoms with Gasteiger partial charge >= 0.3 is 0 Å². The second-order valence-electron chi connectivity index (χ2n) is 6.36. The summed E-state index contributed by atoms with van der Waals surface area (Å²) in [7, 11) is 3.34. The lowest BCUT2D eigenvalue weighted by molar-refractivity contribution is 0.414. The fraction of sp³-hybridized carbons (Fsp3) is 0.130. The molecule has 0 aliphatic heterocycles. The average Bonchev–Trinajstić information content (AvgIpc) is 2.77. The van der Waals surface area contributed by atoms with Crippen molar-refractivity contribution in [2.45, 2.75) is 6.54 Å². The van der Waals surface area contributed by atoms with Crippen molar-refractivity contribution in [1.29, 1.82) is 0 Å². The van der Waals surface area contributed by atoms with E-state index < -0.39 is 0 Å². The standard InChI is InChI=1S/C23H21N3O2/c1-27-18-11-9-16(10-12-18)14-24-23-21-8-4-7-20(22(21)25-15-26-23)17-5-3-6-19(13-17)28-2/h3-13,15H,14H2,1-2H3,(H,24,25,26). The lowest BCUT2D eigenvalue weighted by Crippen LogP contribution is -2.03. The first-order valence-electron chi connectivity index (χ1n) is 9.03. The average molecular weight is 371 g/mol. The fourth-order valence-corrected chi connectivity index (χ4v) is 3.18. The van der Waals surface area contributed by atoms with Crippen LogP contribution in [-0.4, -0.2) is 24.2 Å². The lowest BCUT2D eigenvalue weighted by atomic mass is 10.0. The van der Waals surface area contributed by atoms with E-state index in [-0.39, 0.29) is 0 Å². The van der Waals surface area contributed by atoms with E-state index in [1.54, 1.807) is 20.5 Å². The summed E-state index contributed by atoms with van der Waals surface area (Å²) in [6.45, 7) is 0.666. The van der Waals surface area contributed by atoms with Crippen LogP contribution >= 0.6 is 0 Å².